The average Bonchev–Trinajstić information content (AvgIpc) is 3.21. The number of nitrogens with one attached hydrogen (secondary N) is 1. The van der Waals surface area contributed by atoms with Gasteiger partial charge in [0.25, 0.3) is 0 Å². The zero-order valence-electron chi connectivity index (χ0n) is 14.5. The van der Waals surface area contributed by atoms with Gasteiger partial charge < -0.3 is 15.3 Å². The Kier molecular flexibility index (Phi) is 5.20. The summed E-state index contributed by atoms with van der Waals surface area (Å²) in [6, 6.07) is 5.51. The van der Waals surface area contributed by atoms with E-state index in [1.807, 2.05) is 0 Å². The van der Waals surface area contributed by atoms with E-state index in [2.05, 4.69) is 5.32 Å². The topological polar surface area (TPSA) is 147 Å². The molecule has 2 fully saturated rings. The van der Waals surface area contributed by atoms with Crippen LogP contribution in [0, 0.1) is 11.8 Å². The fourth-order valence-corrected chi connectivity index (χ4v) is 4.17. The van der Waals surface area contributed by atoms with Crippen molar-refractivity contribution in [1.82, 2.24) is 5.32 Å². The van der Waals surface area contributed by atoms with Crippen LogP contribution in [0.1, 0.15) is 25.7 Å². The molecule has 146 valence electrons. The number of nitrogens with zero attached hydrogens (tertiary/aromatic N) is 1. The normalized spacial score (nSPS) is 25.6. The molecule has 0 aromatic heterocycles. The lowest BCUT2D eigenvalue weighted by atomic mass is 10.1. The Morgan fingerprint density at radius 3 is 2.59 bits per heavy atom. The molecular weight excluding hydrogens is 374 g/mol. The number of carbonyl (C=O) groups excluding carboxylic acids is 2. The quantitative estimate of drug-likeness (QED) is 0.642. The molecule has 1 unspecified atom stereocenters. The Morgan fingerprint density at radius 1 is 1.22 bits per heavy atom. The van der Waals surface area contributed by atoms with Gasteiger partial charge in [-0.15, -0.1) is 0 Å². The summed E-state index contributed by atoms with van der Waals surface area (Å²) in [4.78, 5) is 37.1. The number of carbonyl (C=O) groups is 3. The van der Waals surface area contributed by atoms with Crippen LogP contribution in [0.15, 0.2) is 29.2 Å². The standard InChI is InChI=1S/C17H21N3O6S/c18-27(25,26)14-3-1-2-13(8-14)20-9-11(7-15(20)21)16(22)19-12-5-4-10(6-12)17(23)24/h1-3,8,10-12H,4-7,9H2,(H,19,22)(H,23,24)(H2,18,25,26)/t10-,11?,12+/m0/s1. The maximum Gasteiger partial charge on any atom is 0.306 e. The van der Waals surface area contributed by atoms with Crippen molar-refractivity contribution in [3.63, 3.8) is 0 Å². The van der Waals surface area contributed by atoms with E-state index in [9.17, 15) is 22.8 Å². The Labute approximate surface area is 156 Å². The van der Waals surface area contributed by atoms with Crippen LogP contribution in [0.2, 0.25) is 0 Å². The van der Waals surface area contributed by atoms with E-state index in [4.69, 9.17) is 10.2 Å². The molecule has 1 aromatic rings. The van der Waals surface area contributed by atoms with E-state index in [1.54, 1.807) is 6.07 Å². The Bertz CT molecular complexity index is 884. The van der Waals surface area contributed by atoms with Gasteiger partial charge in [0.2, 0.25) is 21.8 Å². The second kappa shape index (κ2) is 7.28. The first-order chi connectivity index (χ1) is 12.6. The number of amides is 2. The van der Waals surface area contributed by atoms with Gasteiger partial charge >= 0.3 is 5.97 Å². The van der Waals surface area contributed by atoms with Gasteiger partial charge in [-0.25, -0.2) is 13.6 Å². The van der Waals surface area contributed by atoms with E-state index in [0.717, 1.165) is 0 Å². The Balaban J connectivity index is 1.65. The van der Waals surface area contributed by atoms with Crippen LogP contribution < -0.4 is 15.4 Å². The molecule has 1 saturated heterocycles. The van der Waals surface area contributed by atoms with Gasteiger partial charge in [-0.2, -0.15) is 0 Å². The maximum atomic E-state index is 12.5. The van der Waals surface area contributed by atoms with Crippen LogP contribution in [0.5, 0.6) is 0 Å². The highest BCUT2D eigenvalue weighted by Gasteiger charge is 2.37. The van der Waals surface area contributed by atoms with E-state index in [1.165, 1.54) is 23.1 Å². The molecule has 1 aliphatic carbocycles. The summed E-state index contributed by atoms with van der Waals surface area (Å²) >= 11 is 0. The highest BCUT2D eigenvalue weighted by molar-refractivity contribution is 7.89. The molecule has 1 saturated carbocycles. The van der Waals surface area contributed by atoms with Gasteiger partial charge in [0.05, 0.1) is 16.7 Å². The molecular formula is C17H21N3O6S. The van der Waals surface area contributed by atoms with Gasteiger partial charge in [-0.05, 0) is 37.5 Å². The number of carboxylic acid groups (broad SMARTS) is 1. The van der Waals surface area contributed by atoms with E-state index >= 15 is 0 Å². The number of hydrogen-bond donors (Lipinski definition) is 3. The van der Waals surface area contributed by atoms with E-state index < -0.39 is 27.8 Å². The largest absolute Gasteiger partial charge is 0.481 e. The molecule has 3 atom stereocenters. The molecule has 2 aliphatic rings. The molecule has 4 N–H and O–H groups in total. The summed E-state index contributed by atoms with van der Waals surface area (Å²) in [5.74, 6) is -2.44. The first-order valence-corrected chi connectivity index (χ1v) is 10.2. The van der Waals surface area contributed by atoms with Crippen molar-refractivity contribution in [2.45, 2.75) is 36.6 Å². The fraction of sp³-hybridized carbons (Fsp3) is 0.471. The number of carboxylic acids is 1. The minimum atomic E-state index is -3.90. The van der Waals surface area contributed by atoms with Crippen molar-refractivity contribution < 1.29 is 27.9 Å². The van der Waals surface area contributed by atoms with Gasteiger partial charge in [-0.1, -0.05) is 6.07 Å². The molecule has 1 aromatic carbocycles. The van der Waals surface area contributed by atoms with Crippen molar-refractivity contribution in [3.05, 3.63) is 24.3 Å². The van der Waals surface area contributed by atoms with Gasteiger partial charge in [0.1, 0.15) is 0 Å². The Hall–Kier alpha value is -2.46. The van der Waals surface area contributed by atoms with E-state index in [0.29, 0.717) is 24.9 Å². The second-order valence-corrected chi connectivity index (χ2v) is 8.56. The number of hydrogen-bond acceptors (Lipinski definition) is 5. The number of primary sulfonamides is 1. The van der Waals surface area contributed by atoms with Crippen LogP contribution in [-0.2, 0) is 24.4 Å². The van der Waals surface area contributed by atoms with Crippen molar-refractivity contribution in [2.24, 2.45) is 17.0 Å². The summed E-state index contributed by atoms with van der Waals surface area (Å²) in [6.45, 7) is 0.133. The van der Waals surface area contributed by atoms with Crippen LogP contribution >= 0.6 is 0 Å². The smallest absolute Gasteiger partial charge is 0.306 e. The monoisotopic (exact) mass is 395 g/mol. The van der Waals surface area contributed by atoms with Crippen molar-refractivity contribution in [2.75, 3.05) is 11.4 Å². The summed E-state index contributed by atoms with van der Waals surface area (Å²) in [5.41, 5.74) is 0.369. The number of rotatable bonds is 5. The minimum Gasteiger partial charge on any atom is -0.481 e. The van der Waals surface area contributed by atoms with Gasteiger partial charge in [0, 0.05) is 24.7 Å². The predicted octanol–water partition coefficient (Wildman–Crippen LogP) is 0.0564. The number of aliphatic carboxylic acids is 1. The number of nitrogens with two attached hydrogens (primary N) is 1. The lowest BCUT2D eigenvalue weighted by Crippen LogP contribution is -2.39. The zero-order chi connectivity index (χ0) is 19.8. The van der Waals surface area contributed by atoms with Crippen LogP contribution in [0.4, 0.5) is 5.69 Å². The lowest BCUT2D eigenvalue weighted by Gasteiger charge is -2.18. The summed E-state index contributed by atoms with van der Waals surface area (Å²) in [7, 11) is -3.90. The van der Waals surface area contributed by atoms with E-state index in [-0.39, 0.29) is 35.7 Å². The van der Waals surface area contributed by atoms with Crippen LogP contribution in [0.3, 0.4) is 0 Å². The molecule has 0 bridgehead atoms. The molecule has 2 amide bonds. The summed E-state index contributed by atoms with van der Waals surface area (Å²) < 4.78 is 23.0. The predicted molar refractivity (Wildman–Crippen MR) is 95.2 cm³/mol. The van der Waals surface area contributed by atoms with Gasteiger partial charge in [0.15, 0.2) is 0 Å². The SMILES string of the molecule is NS(=O)(=O)c1cccc(N2CC(C(=O)N[C@@H]3CC[C@H](C(=O)O)C3)CC2=O)c1. The Morgan fingerprint density at radius 2 is 1.96 bits per heavy atom. The average molecular weight is 395 g/mol. The third kappa shape index (κ3) is 4.28. The van der Waals surface area contributed by atoms with Gasteiger partial charge in [-0.3, -0.25) is 14.4 Å². The van der Waals surface area contributed by atoms with Crippen LogP contribution in [0.25, 0.3) is 0 Å². The number of benzene rings is 1. The molecule has 0 spiro atoms. The first kappa shape index (κ1) is 19.3. The first-order valence-electron chi connectivity index (χ1n) is 8.61. The zero-order valence-corrected chi connectivity index (χ0v) is 15.3. The number of anilines is 1. The van der Waals surface area contributed by atoms with Crippen molar-refractivity contribution >= 4 is 33.5 Å². The molecule has 0 radical (unpaired) electrons. The maximum absolute atomic E-state index is 12.5. The molecule has 3 rings (SSSR count). The molecule has 1 aliphatic heterocycles. The second-order valence-electron chi connectivity index (χ2n) is 7.00. The fourth-order valence-electron chi connectivity index (χ4n) is 3.62. The molecule has 1 heterocycles. The molecule has 27 heavy (non-hydrogen) atoms. The number of sulfonamides is 1. The highest BCUT2D eigenvalue weighted by Crippen LogP contribution is 2.29. The molecule has 10 heteroatoms. The molecule has 9 nitrogen and oxygen atoms in total. The summed E-state index contributed by atoms with van der Waals surface area (Å²) in [6.07, 6.45) is 1.53. The van der Waals surface area contributed by atoms with Crippen molar-refractivity contribution in [3.8, 4) is 0 Å². The third-order valence-electron chi connectivity index (χ3n) is 5.08. The lowest BCUT2D eigenvalue weighted by molar-refractivity contribution is -0.141. The summed E-state index contributed by atoms with van der Waals surface area (Å²) in [5, 5.41) is 17.0. The highest BCUT2D eigenvalue weighted by atomic mass is 32.2. The minimum absolute atomic E-state index is 0.0144. The third-order valence-corrected chi connectivity index (χ3v) is 5.99. The van der Waals surface area contributed by atoms with Crippen molar-refractivity contribution in [1.29, 1.82) is 0 Å². The van der Waals surface area contributed by atoms with Crippen LogP contribution in [-0.4, -0.2) is 43.9 Å².